The zero-order valence-electron chi connectivity index (χ0n) is 9.69. The fourth-order valence-electron chi connectivity index (χ4n) is 1.80. The third-order valence-corrected chi connectivity index (χ3v) is 2.84. The minimum absolute atomic E-state index is 0.600. The smallest absolute Gasteiger partial charge is 0.0561 e. The topological polar surface area (TPSA) is 24.4 Å². The van der Waals surface area contributed by atoms with E-state index < -0.39 is 0 Å². The molecule has 1 N–H and O–H groups in total. The van der Waals surface area contributed by atoms with Crippen molar-refractivity contribution in [3.05, 3.63) is 42.0 Å². The van der Waals surface area contributed by atoms with Crippen LogP contribution in [0, 0.1) is 12.8 Å². The van der Waals surface area contributed by atoms with Gasteiger partial charge >= 0.3 is 0 Å². The Morgan fingerprint density at radius 2 is 2.06 bits per heavy atom. The van der Waals surface area contributed by atoms with Crippen LogP contribution >= 0.6 is 0 Å². The summed E-state index contributed by atoms with van der Waals surface area (Å²) in [7, 11) is 0. The highest BCUT2D eigenvalue weighted by Crippen LogP contribution is 2.16. The standard InChI is InChI=1S/C14H18N2/c1-12-7-9-14(10-8-12)16-15-11-13-5-3-2-4-6-13/h2-3,7-11,13,16H,4-6H2,1H3. The summed E-state index contributed by atoms with van der Waals surface area (Å²) in [5, 5.41) is 4.29. The molecule has 1 aromatic carbocycles. The van der Waals surface area contributed by atoms with Crippen molar-refractivity contribution in [2.75, 3.05) is 5.43 Å². The Kier molecular flexibility index (Phi) is 3.76. The third-order valence-electron chi connectivity index (χ3n) is 2.84. The quantitative estimate of drug-likeness (QED) is 0.462. The van der Waals surface area contributed by atoms with Gasteiger partial charge in [-0.05, 0) is 44.2 Å². The molecule has 0 fully saturated rings. The second kappa shape index (κ2) is 5.50. The molecule has 2 rings (SSSR count). The van der Waals surface area contributed by atoms with Crippen LogP contribution in [0.4, 0.5) is 5.69 Å². The van der Waals surface area contributed by atoms with Gasteiger partial charge in [0, 0.05) is 6.21 Å². The Hall–Kier alpha value is -1.57. The molecule has 1 aliphatic carbocycles. The lowest BCUT2D eigenvalue weighted by atomic mass is 9.96. The predicted molar refractivity (Wildman–Crippen MR) is 69.8 cm³/mol. The molecule has 0 radical (unpaired) electrons. The van der Waals surface area contributed by atoms with E-state index in [0.717, 1.165) is 12.1 Å². The van der Waals surface area contributed by atoms with Gasteiger partial charge in [0.25, 0.3) is 0 Å². The molecule has 1 aliphatic rings. The van der Waals surface area contributed by atoms with E-state index in [4.69, 9.17) is 0 Å². The minimum Gasteiger partial charge on any atom is -0.279 e. The maximum Gasteiger partial charge on any atom is 0.0561 e. The first kappa shape index (κ1) is 10.9. The molecule has 2 nitrogen and oxygen atoms in total. The number of nitrogens with one attached hydrogen (secondary N) is 1. The number of rotatable bonds is 3. The Labute approximate surface area is 97.1 Å². The summed E-state index contributed by atoms with van der Waals surface area (Å²) in [6.07, 6.45) is 10.0. The van der Waals surface area contributed by atoms with Crippen LogP contribution in [0.5, 0.6) is 0 Å². The molecular formula is C14H18N2. The number of hydrogen-bond acceptors (Lipinski definition) is 2. The number of benzene rings is 1. The molecule has 0 heterocycles. The lowest BCUT2D eigenvalue weighted by molar-refractivity contribution is 0.627. The van der Waals surface area contributed by atoms with Gasteiger partial charge in [-0.1, -0.05) is 29.8 Å². The van der Waals surface area contributed by atoms with Gasteiger partial charge in [-0.3, -0.25) is 5.43 Å². The normalized spacial score (nSPS) is 20.2. The monoisotopic (exact) mass is 214 g/mol. The number of hydrogen-bond donors (Lipinski definition) is 1. The summed E-state index contributed by atoms with van der Waals surface area (Å²) in [5.74, 6) is 0.600. The van der Waals surface area contributed by atoms with Gasteiger partial charge in [0.05, 0.1) is 5.69 Å². The fourth-order valence-corrected chi connectivity index (χ4v) is 1.80. The van der Waals surface area contributed by atoms with Gasteiger partial charge in [-0.15, -0.1) is 0 Å². The summed E-state index contributed by atoms with van der Waals surface area (Å²) >= 11 is 0. The van der Waals surface area contributed by atoms with Gasteiger partial charge in [0.15, 0.2) is 0 Å². The van der Waals surface area contributed by atoms with Crippen molar-refractivity contribution < 1.29 is 0 Å². The molecule has 1 aromatic rings. The molecule has 0 aliphatic heterocycles. The van der Waals surface area contributed by atoms with Gasteiger partial charge < -0.3 is 0 Å². The Balaban J connectivity index is 1.84. The number of nitrogens with zero attached hydrogens (tertiary/aromatic N) is 1. The van der Waals surface area contributed by atoms with Crippen LogP contribution in [0.1, 0.15) is 24.8 Å². The largest absolute Gasteiger partial charge is 0.279 e. The number of allylic oxidation sites excluding steroid dienone is 2. The maximum atomic E-state index is 4.29. The van der Waals surface area contributed by atoms with Crippen LogP contribution in [-0.2, 0) is 0 Å². The van der Waals surface area contributed by atoms with E-state index in [9.17, 15) is 0 Å². The van der Waals surface area contributed by atoms with E-state index in [1.54, 1.807) is 0 Å². The zero-order chi connectivity index (χ0) is 11.2. The van der Waals surface area contributed by atoms with E-state index in [1.807, 2.05) is 18.3 Å². The predicted octanol–water partition coefficient (Wildman–Crippen LogP) is 3.75. The Morgan fingerprint density at radius 3 is 2.75 bits per heavy atom. The van der Waals surface area contributed by atoms with Crippen molar-refractivity contribution in [2.45, 2.75) is 26.2 Å². The van der Waals surface area contributed by atoms with Crippen LogP contribution in [-0.4, -0.2) is 6.21 Å². The fraction of sp³-hybridized carbons (Fsp3) is 0.357. The highest BCUT2D eigenvalue weighted by molar-refractivity contribution is 5.63. The number of anilines is 1. The van der Waals surface area contributed by atoms with Gasteiger partial charge in [-0.25, -0.2) is 0 Å². The van der Waals surface area contributed by atoms with Crippen LogP contribution in [0.15, 0.2) is 41.5 Å². The second-order valence-electron chi connectivity index (χ2n) is 4.30. The maximum absolute atomic E-state index is 4.29. The number of hydrazone groups is 1. The average Bonchev–Trinajstić information content (AvgIpc) is 2.33. The van der Waals surface area contributed by atoms with Crippen molar-refractivity contribution in [3.8, 4) is 0 Å². The molecular weight excluding hydrogens is 196 g/mol. The highest BCUT2D eigenvalue weighted by Gasteiger charge is 2.05. The van der Waals surface area contributed by atoms with Crippen LogP contribution < -0.4 is 5.43 Å². The number of aryl methyl sites for hydroxylation is 1. The summed E-state index contributed by atoms with van der Waals surface area (Å²) in [4.78, 5) is 0. The Morgan fingerprint density at radius 1 is 1.25 bits per heavy atom. The summed E-state index contributed by atoms with van der Waals surface area (Å²) in [5.41, 5.74) is 5.38. The molecule has 0 aromatic heterocycles. The van der Waals surface area contributed by atoms with Crippen LogP contribution in [0.3, 0.4) is 0 Å². The van der Waals surface area contributed by atoms with Crippen molar-refractivity contribution in [1.29, 1.82) is 0 Å². The van der Waals surface area contributed by atoms with Gasteiger partial charge in [-0.2, -0.15) is 5.10 Å². The van der Waals surface area contributed by atoms with Gasteiger partial charge in [0.1, 0.15) is 0 Å². The van der Waals surface area contributed by atoms with Gasteiger partial charge in [0.2, 0.25) is 0 Å². The summed E-state index contributed by atoms with van der Waals surface area (Å²) < 4.78 is 0. The first-order valence-electron chi connectivity index (χ1n) is 5.85. The second-order valence-corrected chi connectivity index (χ2v) is 4.30. The van der Waals surface area contributed by atoms with Crippen molar-refractivity contribution in [3.63, 3.8) is 0 Å². The average molecular weight is 214 g/mol. The molecule has 0 spiro atoms. The highest BCUT2D eigenvalue weighted by atomic mass is 15.3. The van der Waals surface area contributed by atoms with Crippen LogP contribution in [0.2, 0.25) is 0 Å². The van der Waals surface area contributed by atoms with E-state index in [0.29, 0.717) is 5.92 Å². The summed E-state index contributed by atoms with van der Waals surface area (Å²) in [6, 6.07) is 8.27. The lowest BCUT2D eigenvalue weighted by Crippen LogP contribution is -2.05. The molecule has 2 heteroatoms. The molecule has 1 unspecified atom stereocenters. The minimum atomic E-state index is 0.600. The Bertz CT molecular complexity index is 376. The van der Waals surface area contributed by atoms with Crippen molar-refractivity contribution >= 4 is 11.9 Å². The third kappa shape index (κ3) is 3.23. The van der Waals surface area contributed by atoms with Crippen molar-refractivity contribution in [1.82, 2.24) is 0 Å². The first-order chi connectivity index (χ1) is 7.84. The van der Waals surface area contributed by atoms with Crippen LogP contribution in [0.25, 0.3) is 0 Å². The molecule has 0 bridgehead atoms. The molecule has 1 atom stereocenters. The van der Waals surface area contributed by atoms with E-state index in [2.05, 4.69) is 41.7 Å². The van der Waals surface area contributed by atoms with Crippen molar-refractivity contribution in [2.24, 2.45) is 11.0 Å². The van der Waals surface area contributed by atoms with E-state index in [1.165, 1.54) is 18.4 Å². The zero-order valence-corrected chi connectivity index (χ0v) is 9.69. The lowest BCUT2D eigenvalue weighted by Gasteiger charge is -2.11. The molecule has 84 valence electrons. The summed E-state index contributed by atoms with van der Waals surface area (Å²) in [6.45, 7) is 2.08. The van der Waals surface area contributed by atoms with E-state index in [-0.39, 0.29) is 0 Å². The molecule has 16 heavy (non-hydrogen) atoms. The first-order valence-corrected chi connectivity index (χ1v) is 5.85. The molecule has 0 saturated heterocycles. The SMILES string of the molecule is Cc1ccc(NN=CC2CC=CCC2)cc1. The molecule has 0 saturated carbocycles. The molecule has 0 amide bonds. The van der Waals surface area contributed by atoms with E-state index >= 15 is 0 Å².